The van der Waals surface area contributed by atoms with Gasteiger partial charge in [-0.15, -0.1) is 11.3 Å². The van der Waals surface area contributed by atoms with Crippen LogP contribution in [0.3, 0.4) is 0 Å². The largest absolute Gasteiger partial charge is 0.373 e. The molecule has 0 radical (unpaired) electrons. The molecule has 1 aromatic carbocycles. The van der Waals surface area contributed by atoms with Gasteiger partial charge in [-0.2, -0.15) is 0 Å². The highest BCUT2D eigenvalue weighted by atomic mass is 32.1. The smallest absolute Gasteiger partial charge is 0.191 e. The zero-order valence-corrected chi connectivity index (χ0v) is 16.7. The number of aromatic nitrogens is 1. The van der Waals surface area contributed by atoms with Gasteiger partial charge in [0.15, 0.2) is 5.96 Å². The molecule has 144 valence electrons. The van der Waals surface area contributed by atoms with Crippen molar-refractivity contribution in [1.82, 2.24) is 15.6 Å². The van der Waals surface area contributed by atoms with Gasteiger partial charge >= 0.3 is 0 Å². The second kappa shape index (κ2) is 8.85. The van der Waals surface area contributed by atoms with Crippen molar-refractivity contribution in [3.8, 4) is 0 Å². The number of aliphatic imine (C=N–C) groups is 1. The molecule has 0 saturated carbocycles. The van der Waals surface area contributed by atoms with Crippen molar-refractivity contribution < 1.29 is 4.74 Å². The zero-order valence-electron chi connectivity index (χ0n) is 15.9. The van der Waals surface area contributed by atoms with Gasteiger partial charge in [0, 0.05) is 18.3 Å². The van der Waals surface area contributed by atoms with E-state index in [-0.39, 0.29) is 0 Å². The third-order valence-corrected chi connectivity index (χ3v) is 6.20. The first-order valence-electron chi connectivity index (χ1n) is 9.97. The summed E-state index contributed by atoms with van der Waals surface area (Å²) in [6.45, 7) is 3.56. The summed E-state index contributed by atoms with van der Waals surface area (Å²) in [5, 5.41) is 10.2. The Morgan fingerprint density at radius 3 is 2.89 bits per heavy atom. The van der Waals surface area contributed by atoms with E-state index in [2.05, 4.69) is 53.3 Å². The second-order valence-electron chi connectivity index (χ2n) is 7.27. The summed E-state index contributed by atoms with van der Waals surface area (Å²) < 4.78 is 5.94. The minimum Gasteiger partial charge on any atom is -0.373 e. The van der Waals surface area contributed by atoms with Crippen molar-refractivity contribution in [1.29, 1.82) is 0 Å². The number of guanidine groups is 1. The highest BCUT2D eigenvalue weighted by Crippen LogP contribution is 2.34. The molecule has 2 saturated heterocycles. The monoisotopic (exact) mass is 384 g/mol. The standard InChI is InChI=1S/C21H28N4OS/c1-2-22-21(25-18-12-17-9-10-19(18)26-17)23-13-16-14-27-20(24-16)11-8-15-6-4-3-5-7-15/h3-7,14,17-19H,2,8-13H2,1H3,(H2,22,23,25). The lowest BCUT2D eigenvalue weighted by Gasteiger charge is -2.22. The van der Waals surface area contributed by atoms with Crippen LogP contribution in [0.15, 0.2) is 40.7 Å². The van der Waals surface area contributed by atoms with Crippen LogP contribution < -0.4 is 10.6 Å². The van der Waals surface area contributed by atoms with E-state index in [1.165, 1.54) is 23.4 Å². The molecule has 4 rings (SSSR count). The van der Waals surface area contributed by atoms with Crippen LogP contribution in [0.25, 0.3) is 0 Å². The fourth-order valence-corrected chi connectivity index (χ4v) is 4.67. The molecule has 1 aromatic heterocycles. The molecule has 27 heavy (non-hydrogen) atoms. The molecule has 3 heterocycles. The van der Waals surface area contributed by atoms with Crippen molar-refractivity contribution in [2.24, 2.45) is 4.99 Å². The summed E-state index contributed by atoms with van der Waals surface area (Å²) in [6, 6.07) is 11.0. The number of benzene rings is 1. The van der Waals surface area contributed by atoms with E-state index in [0.717, 1.165) is 37.5 Å². The summed E-state index contributed by atoms with van der Waals surface area (Å²) in [5.74, 6) is 0.873. The number of rotatable bonds is 7. The number of aryl methyl sites for hydroxylation is 2. The topological polar surface area (TPSA) is 58.5 Å². The van der Waals surface area contributed by atoms with E-state index in [9.17, 15) is 0 Å². The number of nitrogens with zero attached hydrogens (tertiary/aromatic N) is 2. The van der Waals surface area contributed by atoms with Gasteiger partial charge in [0.05, 0.1) is 35.5 Å². The summed E-state index contributed by atoms with van der Waals surface area (Å²) >= 11 is 1.74. The Morgan fingerprint density at radius 2 is 2.15 bits per heavy atom. The van der Waals surface area contributed by atoms with Gasteiger partial charge in [-0.1, -0.05) is 30.3 Å². The normalized spacial score (nSPS) is 24.3. The summed E-state index contributed by atoms with van der Waals surface area (Å²) in [7, 11) is 0. The quantitative estimate of drug-likeness (QED) is 0.568. The van der Waals surface area contributed by atoms with Crippen LogP contribution in [0.1, 0.15) is 42.5 Å². The molecule has 2 bridgehead atoms. The second-order valence-corrected chi connectivity index (χ2v) is 8.22. The van der Waals surface area contributed by atoms with Crippen molar-refractivity contribution in [2.75, 3.05) is 6.54 Å². The highest BCUT2D eigenvalue weighted by molar-refractivity contribution is 7.09. The van der Waals surface area contributed by atoms with Gasteiger partial charge in [0.1, 0.15) is 0 Å². The first-order valence-corrected chi connectivity index (χ1v) is 10.9. The van der Waals surface area contributed by atoms with Gasteiger partial charge in [0.25, 0.3) is 0 Å². The van der Waals surface area contributed by atoms with E-state index in [4.69, 9.17) is 14.7 Å². The lowest BCUT2D eigenvalue weighted by Crippen LogP contribution is -2.47. The lowest BCUT2D eigenvalue weighted by atomic mass is 9.96. The SMILES string of the molecule is CCNC(=NCc1csc(CCc2ccccc2)n1)NC1CC2CCC1O2. The zero-order chi connectivity index (χ0) is 18.5. The molecule has 5 nitrogen and oxygen atoms in total. The molecule has 2 aliphatic rings. The molecular weight excluding hydrogens is 356 g/mol. The molecular formula is C21H28N4OS. The Bertz CT molecular complexity index is 761. The average Bonchev–Trinajstić information content (AvgIpc) is 3.43. The van der Waals surface area contributed by atoms with Gasteiger partial charge in [-0.05, 0) is 38.2 Å². The van der Waals surface area contributed by atoms with Crippen LogP contribution in [0.4, 0.5) is 0 Å². The average molecular weight is 385 g/mol. The van der Waals surface area contributed by atoms with E-state index < -0.39 is 0 Å². The Morgan fingerprint density at radius 1 is 1.26 bits per heavy atom. The summed E-state index contributed by atoms with van der Waals surface area (Å²) in [5.41, 5.74) is 2.41. The van der Waals surface area contributed by atoms with Crippen molar-refractivity contribution in [3.05, 3.63) is 52.0 Å². The van der Waals surface area contributed by atoms with E-state index in [0.29, 0.717) is 24.8 Å². The predicted octanol–water partition coefficient (Wildman–Crippen LogP) is 3.30. The van der Waals surface area contributed by atoms with Gasteiger partial charge in [-0.25, -0.2) is 9.98 Å². The minimum atomic E-state index is 0.350. The summed E-state index contributed by atoms with van der Waals surface area (Å²) in [4.78, 5) is 9.50. The van der Waals surface area contributed by atoms with Crippen LogP contribution in [0.5, 0.6) is 0 Å². The highest BCUT2D eigenvalue weighted by Gasteiger charge is 2.41. The molecule has 0 amide bonds. The van der Waals surface area contributed by atoms with E-state index >= 15 is 0 Å². The number of thiazole rings is 1. The van der Waals surface area contributed by atoms with E-state index in [1.54, 1.807) is 11.3 Å². The van der Waals surface area contributed by atoms with Gasteiger partial charge in [-0.3, -0.25) is 0 Å². The maximum atomic E-state index is 5.94. The Balaban J connectivity index is 1.31. The molecule has 0 aliphatic carbocycles. The Labute approximate surface area is 165 Å². The van der Waals surface area contributed by atoms with Crippen LogP contribution in [0, 0.1) is 0 Å². The molecule has 0 spiro atoms. The van der Waals surface area contributed by atoms with Crippen LogP contribution >= 0.6 is 11.3 Å². The number of nitrogens with one attached hydrogen (secondary N) is 2. The fourth-order valence-electron chi connectivity index (χ4n) is 3.88. The van der Waals surface area contributed by atoms with Gasteiger partial charge < -0.3 is 15.4 Å². The van der Waals surface area contributed by atoms with Crippen LogP contribution in [-0.4, -0.2) is 35.7 Å². The Kier molecular flexibility index (Phi) is 6.04. The minimum absolute atomic E-state index is 0.350. The van der Waals surface area contributed by atoms with Crippen molar-refractivity contribution in [2.45, 2.75) is 63.8 Å². The first-order chi connectivity index (χ1) is 13.3. The maximum absolute atomic E-state index is 5.94. The van der Waals surface area contributed by atoms with Crippen molar-refractivity contribution >= 4 is 17.3 Å². The number of hydrogen-bond donors (Lipinski definition) is 2. The number of ether oxygens (including phenoxy) is 1. The van der Waals surface area contributed by atoms with Crippen LogP contribution in [0.2, 0.25) is 0 Å². The molecule has 3 unspecified atom stereocenters. The maximum Gasteiger partial charge on any atom is 0.191 e. The molecule has 2 fully saturated rings. The van der Waals surface area contributed by atoms with Gasteiger partial charge in [0.2, 0.25) is 0 Å². The fraction of sp³-hybridized carbons (Fsp3) is 0.524. The van der Waals surface area contributed by atoms with Crippen LogP contribution in [-0.2, 0) is 24.1 Å². The Hall–Kier alpha value is -1.92. The molecule has 2 aromatic rings. The van der Waals surface area contributed by atoms with E-state index in [1.807, 2.05) is 0 Å². The number of fused-ring (bicyclic) bond motifs is 2. The lowest BCUT2D eigenvalue weighted by molar-refractivity contribution is 0.0992. The molecule has 2 N–H and O–H groups in total. The molecule has 6 heteroatoms. The third kappa shape index (κ3) is 4.87. The van der Waals surface area contributed by atoms with Crippen molar-refractivity contribution in [3.63, 3.8) is 0 Å². The molecule has 3 atom stereocenters. The molecule has 2 aliphatic heterocycles. The third-order valence-electron chi connectivity index (χ3n) is 5.24. The number of hydrogen-bond acceptors (Lipinski definition) is 4. The predicted molar refractivity (Wildman–Crippen MR) is 110 cm³/mol. The first kappa shape index (κ1) is 18.4. The summed E-state index contributed by atoms with van der Waals surface area (Å²) in [6.07, 6.45) is 6.28.